The van der Waals surface area contributed by atoms with Crippen molar-refractivity contribution in [1.29, 1.82) is 0 Å². The van der Waals surface area contributed by atoms with E-state index in [1.807, 2.05) is 36.4 Å². The summed E-state index contributed by atoms with van der Waals surface area (Å²) in [4.78, 5) is 21.7. The Balaban J connectivity index is 1.55. The molecule has 0 atom stereocenters. The average Bonchev–Trinajstić information content (AvgIpc) is 3.16. The van der Waals surface area contributed by atoms with Crippen LogP contribution in [0.3, 0.4) is 0 Å². The molecular formula is C25H21N3O3. The SMILES string of the molecule is CONC(=O)c1ccc(Nc2cccc3c2-c2nc4ccccc4cc2C3)c(OC)c1. The second-order valence-corrected chi connectivity index (χ2v) is 7.38. The highest BCUT2D eigenvalue weighted by Crippen LogP contribution is 2.43. The summed E-state index contributed by atoms with van der Waals surface area (Å²) >= 11 is 0. The Kier molecular flexibility index (Phi) is 4.76. The molecule has 0 unspecified atom stereocenters. The van der Waals surface area contributed by atoms with E-state index in [1.165, 1.54) is 18.2 Å². The molecular weight excluding hydrogens is 390 g/mol. The zero-order chi connectivity index (χ0) is 21.4. The number of nitrogens with one attached hydrogen (secondary N) is 2. The van der Waals surface area contributed by atoms with E-state index in [0.717, 1.165) is 40.0 Å². The number of hydrogen-bond donors (Lipinski definition) is 2. The Hall–Kier alpha value is -3.90. The van der Waals surface area contributed by atoms with Crippen LogP contribution in [0.1, 0.15) is 21.5 Å². The number of anilines is 2. The highest BCUT2D eigenvalue weighted by Gasteiger charge is 2.24. The molecule has 0 fully saturated rings. The van der Waals surface area contributed by atoms with Gasteiger partial charge in [-0.2, -0.15) is 0 Å². The Morgan fingerprint density at radius 2 is 1.81 bits per heavy atom. The summed E-state index contributed by atoms with van der Waals surface area (Å²) in [6, 6.07) is 21.9. The molecule has 154 valence electrons. The van der Waals surface area contributed by atoms with Crippen LogP contribution in [0, 0.1) is 0 Å². The summed E-state index contributed by atoms with van der Waals surface area (Å²) in [5.41, 5.74) is 10.0. The standard InChI is InChI=1S/C25H21N3O3/c1-30-22-14-17(25(29)28-31-2)10-11-20(22)26-21-9-5-7-16-13-18-12-15-6-3-4-8-19(15)27-24(18)23(16)21/h3-12,14,26H,13H2,1-2H3,(H,28,29). The number of ether oxygens (including phenoxy) is 1. The van der Waals surface area contributed by atoms with Gasteiger partial charge in [-0.3, -0.25) is 9.63 Å². The zero-order valence-corrected chi connectivity index (χ0v) is 17.2. The predicted molar refractivity (Wildman–Crippen MR) is 121 cm³/mol. The van der Waals surface area contributed by atoms with E-state index in [1.54, 1.807) is 19.2 Å². The van der Waals surface area contributed by atoms with Crippen molar-refractivity contribution in [3.8, 4) is 17.0 Å². The summed E-state index contributed by atoms with van der Waals surface area (Å²) in [6.45, 7) is 0. The number of carbonyl (C=O) groups excluding carboxylic acids is 1. The summed E-state index contributed by atoms with van der Waals surface area (Å²) in [5, 5.41) is 4.63. The van der Waals surface area contributed by atoms with E-state index in [-0.39, 0.29) is 5.91 Å². The minimum Gasteiger partial charge on any atom is -0.495 e. The molecule has 1 heterocycles. The molecule has 6 heteroatoms. The van der Waals surface area contributed by atoms with E-state index in [9.17, 15) is 4.79 Å². The van der Waals surface area contributed by atoms with Crippen molar-refractivity contribution in [2.45, 2.75) is 6.42 Å². The molecule has 3 aromatic carbocycles. The lowest BCUT2D eigenvalue weighted by Gasteiger charge is -2.15. The van der Waals surface area contributed by atoms with E-state index in [4.69, 9.17) is 14.6 Å². The van der Waals surface area contributed by atoms with Gasteiger partial charge in [-0.05, 0) is 47.5 Å². The maximum Gasteiger partial charge on any atom is 0.274 e. The van der Waals surface area contributed by atoms with E-state index in [0.29, 0.717) is 11.3 Å². The quantitative estimate of drug-likeness (QED) is 0.405. The third-order valence-corrected chi connectivity index (χ3v) is 5.50. The molecule has 0 bridgehead atoms. The van der Waals surface area contributed by atoms with Crippen LogP contribution in [0.15, 0.2) is 66.7 Å². The van der Waals surface area contributed by atoms with Gasteiger partial charge in [-0.15, -0.1) is 0 Å². The highest BCUT2D eigenvalue weighted by atomic mass is 16.6. The van der Waals surface area contributed by atoms with Crippen LogP contribution >= 0.6 is 0 Å². The lowest BCUT2D eigenvalue weighted by atomic mass is 10.1. The van der Waals surface area contributed by atoms with E-state index >= 15 is 0 Å². The molecule has 1 aromatic heterocycles. The minimum atomic E-state index is -0.335. The molecule has 31 heavy (non-hydrogen) atoms. The molecule has 0 saturated carbocycles. The molecule has 1 amide bonds. The van der Waals surface area contributed by atoms with Crippen LogP contribution in [0.25, 0.3) is 22.2 Å². The topological polar surface area (TPSA) is 72.5 Å². The van der Waals surface area contributed by atoms with E-state index in [2.05, 4.69) is 29.0 Å². The lowest BCUT2D eigenvalue weighted by Crippen LogP contribution is -2.21. The van der Waals surface area contributed by atoms with Crippen LogP contribution in [-0.4, -0.2) is 25.1 Å². The molecule has 1 aliphatic carbocycles. The number of pyridine rings is 1. The number of amides is 1. The minimum absolute atomic E-state index is 0.335. The van der Waals surface area contributed by atoms with Crippen molar-refractivity contribution in [3.63, 3.8) is 0 Å². The summed E-state index contributed by atoms with van der Waals surface area (Å²) in [7, 11) is 2.98. The molecule has 0 aliphatic heterocycles. The van der Waals surface area contributed by atoms with Gasteiger partial charge in [-0.1, -0.05) is 30.3 Å². The van der Waals surface area contributed by atoms with Gasteiger partial charge in [0.15, 0.2) is 0 Å². The number of aromatic nitrogens is 1. The van der Waals surface area contributed by atoms with Gasteiger partial charge in [0.1, 0.15) is 5.75 Å². The first-order chi connectivity index (χ1) is 15.2. The van der Waals surface area contributed by atoms with Gasteiger partial charge in [0, 0.05) is 28.6 Å². The summed E-state index contributed by atoms with van der Waals surface area (Å²) in [6.07, 6.45) is 0.852. The second-order valence-electron chi connectivity index (χ2n) is 7.38. The van der Waals surface area contributed by atoms with Crippen molar-refractivity contribution < 1.29 is 14.4 Å². The molecule has 5 rings (SSSR count). The van der Waals surface area contributed by atoms with Crippen molar-refractivity contribution in [2.24, 2.45) is 0 Å². The van der Waals surface area contributed by atoms with Crippen LogP contribution < -0.4 is 15.5 Å². The number of fused-ring (bicyclic) bond motifs is 4. The monoisotopic (exact) mass is 411 g/mol. The maximum absolute atomic E-state index is 12.1. The summed E-state index contributed by atoms with van der Waals surface area (Å²) < 4.78 is 5.53. The fourth-order valence-corrected chi connectivity index (χ4v) is 4.08. The maximum atomic E-state index is 12.1. The van der Waals surface area contributed by atoms with Gasteiger partial charge >= 0.3 is 0 Å². The smallest absolute Gasteiger partial charge is 0.274 e. The van der Waals surface area contributed by atoms with Crippen LogP contribution in [0.4, 0.5) is 11.4 Å². The van der Waals surface area contributed by atoms with Crippen molar-refractivity contribution in [3.05, 3.63) is 83.4 Å². The zero-order valence-electron chi connectivity index (χ0n) is 17.2. The Bertz CT molecular complexity index is 1320. The third kappa shape index (κ3) is 3.37. The number of nitrogens with zero attached hydrogens (tertiary/aromatic N) is 1. The summed E-state index contributed by atoms with van der Waals surface area (Å²) in [5.74, 6) is 0.226. The predicted octanol–water partition coefficient (Wildman–Crippen LogP) is 4.85. The van der Waals surface area contributed by atoms with Crippen molar-refractivity contribution in [2.75, 3.05) is 19.5 Å². The van der Waals surface area contributed by atoms with Crippen molar-refractivity contribution >= 4 is 28.2 Å². The number of para-hydroxylation sites is 1. The van der Waals surface area contributed by atoms with Gasteiger partial charge in [0.2, 0.25) is 0 Å². The second kappa shape index (κ2) is 7.74. The molecule has 0 spiro atoms. The molecule has 0 saturated heterocycles. The normalized spacial score (nSPS) is 11.7. The number of carbonyl (C=O) groups is 1. The first-order valence-electron chi connectivity index (χ1n) is 9.97. The largest absolute Gasteiger partial charge is 0.495 e. The lowest BCUT2D eigenvalue weighted by molar-refractivity contribution is 0.0537. The van der Waals surface area contributed by atoms with Gasteiger partial charge in [0.25, 0.3) is 5.91 Å². The number of rotatable bonds is 5. The Labute approximate surface area is 179 Å². The van der Waals surface area contributed by atoms with Crippen LogP contribution in [0.5, 0.6) is 5.75 Å². The number of hydroxylamine groups is 1. The van der Waals surface area contributed by atoms with Gasteiger partial charge in [-0.25, -0.2) is 10.5 Å². The fraction of sp³-hybridized carbons (Fsp3) is 0.120. The van der Waals surface area contributed by atoms with E-state index < -0.39 is 0 Å². The van der Waals surface area contributed by atoms with Crippen molar-refractivity contribution in [1.82, 2.24) is 10.5 Å². The van der Waals surface area contributed by atoms with Gasteiger partial charge < -0.3 is 10.1 Å². The highest BCUT2D eigenvalue weighted by molar-refractivity contribution is 5.95. The Morgan fingerprint density at radius 1 is 0.935 bits per heavy atom. The number of hydrogen-bond acceptors (Lipinski definition) is 5. The van der Waals surface area contributed by atoms with Gasteiger partial charge in [0.05, 0.1) is 31.1 Å². The van der Waals surface area contributed by atoms with Crippen LogP contribution in [0.2, 0.25) is 0 Å². The first kappa shape index (κ1) is 19.1. The first-order valence-corrected chi connectivity index (χ1v) is 9.97. The molecule has 2 N–H and O–H groups in total. The van der Waals surface area contributed by atoms with Crippen LogP contribution in [-0.2, 0) is 11.3 Å². The number of methoxy groups -OCH3 is 1. The average molecular weight is 411 g/mol. The molecule has 1 aliphatic rings. The molecule has 4 aromatic rings. The molecule has 0 radical (unpaired) electrons. The fourth-order valence-electron chi connectivity index (χ4n) is 4.08. The Morgan fingerprint density at radius 3 is 2.65 bits per heavy atom. The third-order valence-electron chi connectivity index (χ3n) is 5.50. The molecule has 6 nitrogen and oxygen atoms in total. The number of benzene rings is 3.